The first-order valence-corrected chi connectivity index (χ1v) is 7.93. The Morgan fingerprint density at radius 3 is 2.45 bits per heavy atom. The van der Waals surface area contributed by atoms with E-state index in [9.17, 15) is 22.0 Å². The summed E-state index contributed by atoms with van der Waals surface area (Å²) < 4.78 is 47.7. The summed E-state index contributed by atoms with van der Waals surface area (Å²) in [7, 11) is -4.69. The summed E-state index contributed by atoms with van der Waals surface area (Å²) in [5.74, 6) is -4.06. The van der Waals surface area contributed by atoms with Crippen molar-refractivity contribution in [2.24, 2.45) is 11.7 Å². The van der Waals surface area contributed by atoms with E-state index in [0.717, 1.165) is 12.1 Å². The molecule has 0 radical (unpaired) electrons. The van der Waals surface area contributed by atoms with Gasteiger partial charge in [0.2, 0.25) is 15.7 Å². The smallest absolute Gasteiger partial charge is 0.325 e. The van der Waals surface area contributed by atoms with Gasteiger partial charge in [-0.05, 0) is 24.1 Å². The Kier molecular flexibility index (Phi) is 7.92. The van der Waals surface area contributed by atoms with Gasteiger partial charge >= 0.3 is 5.76 Å². The van der Waals surface area contributed by atoms with Crippen LogP contribution in [-0.2, 0) is 14.6 Å². The van der Waals surface area contributed by atoms with Crippen molar-refractivity contribution in [3.8, 4) is 0 Å². The molecule has 9 heteroatoms. The third kappa shape index (κ3) is 4.89. The van der Waals surface area contributed by atoms with Crippen LogP contribution >= 0.6 is 12.4 Å². The van der Waals surface area contributed by atoms with Gasteiger partial charge in [-0.3, -0.25) is 4.79 Å². The van der Waals surface area contributed by atoms with Gasteiger partial charge in [0.25, 0.3) is 0 Å². The molecule has 2 atom stereocenters. The first kappa shape index (κ1) is 20.8. The Bertz CT molecular complexity index is 611. The van der Waals surface area contributed by atoms with Crippen molar-refractivity contribution < 1.29 is 22.0 Å². The lowest BCUT2D eigenvalue weighted by Crippen LogP contribution is -2.40. The van der Waals surface area contributed by atoms with Gasteiger partial charge in [-0.2, -0.15) is 8.78 Å². The summed E-state index contributed by atoms with van der Waals surface area (Å²) in [6, 6.07) is 3.96. The molecule has 0 aliphatic carbocycles. The summed E-state index contributed by atoms with van der Waals surface area (Å²) in [6.45, 7) is 3.69. The van der Waals surface area contributed by atoms with E-state index in [1.807, 2.05) is 13.8 Å². The lowest BCUT2D eigenvalue weighted by molar-refractivity contribution is -0.118. The number of halogens is 3. The van der Waals surface area contributed by atoms with Crippen molar-refractivity contribution >= 4 is 33.8 Å². The molecular formula is C13H19ClF2N2O3S. The Morgan fingerprint density at radius 1 is 1.36 bits per heavy atom. The third-order valence-corrected chi connectivity index (χ3v) is 4.60. The average molecular weight is 357 g/mol. The third-order valence-electron chi connectivity index (χ3n) is 3.22. The van der Waals surface area contributed by atoms with E-state index < -0.39 is 32.4 Å². The molecule has 1 amide bonds. The van der Waals surface area contributed by atoms with Gasteiger partial charge in [0.15, 0.2) is 0 Å². The van der Waals surface area contributed by atoms with Gasteiger partial charge in [-0.1, -0.05) is 26.3 Å². The first-order chi connectivity index (χ1) is 9.70. The molecule has 1 rings (SSSR count). The highest BCUT2D eigenvalue weighted by atomic mass is 35.5. The van der Waals surface area contributed by atoms with Gasteiger partial charge in [-0.25, -0.2) is 8.42 Å². The summed E-state index contributed by atoms with van der Waals surface area (Å²) >= 11 is 0. The quantitative estimate of drug-likeness (QED) is 0.819. The van der Waals surface area contributed by atoms with Crippen molar-refractivity contribution in [3.05, 3.63) is 24.3 Å². The lowest BCUT2D eigenvalue weighted by Gasteiger charge is -2.18. The number of rotatable bonds is 6. The number of benzene rings is 1. The van der Waals surface area contributed by atoms with Gasteiger partial charge in [0.1, 0.15) is 0 Å². The lowest BCUT2D eigenvalue weighted by atomic mass is 9.99. The minimum atomic E-state index is -4.69. The monoisotopic (exact) mass is 356 g/mol. The van der Waals surface area contributed by atoms with E-state index >= 15 is 0 Å². The van der Waals surface area contributed by atoms with Gasteiger partial charge < -0.3 is 11.1 Å². The van der Waals surface area contributed by atoms with Crippen LogP contribution in [-0.4, -0.2) is 26.1 Å². The van der Waals surface area contributed by atoms with E-state index in [1.54, 1.807) is 0 Å². The molecule has 0 heterocycles. The molecule has 0 fully saturated rings. The molecule has 0 aliphatic rings. The average Bonchev–Trinajstić information content (AvgIpc) is 2.45. The number of hydrogen-bond acceptors (Lipinski definition) is 4. The molecule has 22 heavy (non-hydrogen) atoms. The standard InChI is InChI=1S/C13H18F2N2O3S.ClH/c1-3-8(2)11(16)12(18)17-9-5-4-6-10(7-9)21(19,20)13(14)15;/h4-8,11,13H,3,16H2,1-2H3,(H,17,18);1H. The van der Waals surface area contributed by atoms with E-state index in [-0.39, 0.29) is 24.0 Å². The largest absolute Gasteiger partial charge is 0.341 e. The molecule has 0 aromatic heterocycles. The van der Waals surface area contributed by atoms with Crippen LogP contribution in [0, 0.1) is 5.92 Å². The maximum Gasteiger partial charge on any atom is 0.341 e. The Morgan fingerprint density at radius 2 is 1.95 bits per heavy atom. The van der Waals surface area contributed by atoms with Crippen molar-refractivity contribution in [1.82, 2.24) is 0 Å². The minimum Gasteiger partial charge on any atom is -0.325 e. The topological polar surface area (TPSA) is 89.3 Å². The van der Waals surface area contributed by atoms with Crippen LogP contribution in [0.4, 0.5) is 14.5 Å². The van der Waals surface area contributed by atoms with Crippen LogP contribution in [0.15, 0.2) is 29.2 Å². The van der Waals surface area contributed by atoms with Crippen LogP contribution in [0.25, 0.3) is 0 Å². The highest BCUT2D eigenvalue weighted by Gasteiger charge is 2.27. The Balaban J connectivity index is 0.00000441. The molecule has 1 aromatic carbocycles. The molecule has 0 spiro atoms. The van der Waals surface area contributed by atoms with Crippen molar-refractivity contribution in [3.63, 3.8) is 0 Å². The molecular weight excluding hydrogens is 338 g/mol. The zero-order valence-corrected chi connectivity index (χ0v) is 13.8. The van der Waals surface area contributed by atoms with Crippen LogP contribution in [0.2, 0.25) is 0 Å². The molecule has 5 nitrogen and oxygen atoms in total. The number of carbonyl (C=O) groups is 1. The van der Waals surface area contributed by atoms with E-state index in [1.165, 1.54) is 12.1 Å². The van der Waals surface area contributed by atoms with E-state index in [4.69, 9.17) is 5.73 Å². The molecule has 126 valence electrons. The highest BCUT2D eigenvalue weighted by molar-refractivity contribution is 7.91. The number of amides is 1. The maximum absolute atomic E-state index is 12.5. The first-order valence-electron chi connectivity index (χ1n) is 6.38. The van der Waals surface area contributed by atoms with Gasteiger partial charge in [0, 0.05) is 5.69 Å². The SMILES string of the molecule is CCC(C)C(N)C(=O)Nc1cccc(S(=O)(=O)C(F)F)c1.Cl. The number of alkyl halides is 2. The second-order valence-corrected chi connectivity index (χ2v) is 6.65. The second kappa shape index (κ2) is 8.40. The van der Waals surface area contributed by atoms with E-state index in [0.29, 0.717) is 6.42 Å². The molecule has 2 unspecified atom stereocenters. The zero-order valence-electron chi connectivity index (χ0n) is 12.1. The fourth-order valence-electron chi connectivity index (χ4n) is 1.59. The predicted octanol–water partition coefficient (Wildman–Crippen LogP) is 2.42. The highest BCUT2D eigenvalue weighted by Crippen LogP contribution is 2.21. The summed E-state index contributed by atoms with van der Waals surface area (Å²) in [6.07, 6.45) is 0.703. The van der Waals surface area contributed by atoms with Gasteiger partial charge in [-0.15, -0.1) is 12.4 Å². The number of carbonyl (C=O) groups excluding carboxylic acids is 1. The van der Waals surface area contributed by atoms with Crippen LogP contribution in [0.1, 0.15) is 20.3 Å². The Hall–Kier alpha value is -1.25. The molecule has 3 N–H and O–H groups in total. The second-order valence-electron chi connectivity index (χ2n) is 4.73. The summed E-state index contributed by atoms with van der Waals surface area (Å²) in [5.41, 5.74) is 5.85. The number of nitrogens with two attached hydrogens (primary N) is 1. The molecule has 0 saturated heterocycles. The zero-order chi connectivity index (χ0) is 16.2. The summed E-state index contributed by atoms with van der Waals surface area (Å²) in [5, 5.41) is 2.44. The number of hydrogen-bond donors (Lipinski definition) is 2. The molecule has 0 saturated carbocycles. The van der Waals surface area contributed by atoms with Crippen molar-refractivity contribution in [2.75, 3.05) is 5.32 Å². The molecule has 0 bridgehead atoms. The predicted molar refractivity (Wildman–Crippen MR) is 82.9 cm³/mol. The number of nitrogens with one attached hydrogen (secondary N) is 1. The Labute approximate surface area is 134 Å². The van der Waals surface area contributed by atoms with Crippen LogP contribution in [0.3, 0.4) is 0 Å². The number of sulfone groups is 1. The normalized spacial score (nSPS) is 14.1. The van der Waals surface area contributed by atoms with E-state index in [2.05, 4.69) is 5.32 Å². The van der Waals surface area contributed by atoms with Crippen LogP contribution in [0.5, 0.6) is 0 Å². The fourth-order valence-corrected chi connectivity index (χ4v) is 2.36. The maximum atomic E-state index is 12.5. The van der Waals surface area contributed by atoms with Crippen LogP contribution < -0.4 is 11.1 Å². The van der Waals surface area contributed by atoms with Crippen molar-refractivity contribution in [2.45, 2.75) is 37.0 Å². The molecule has 0 aliphatic heterocycles. The molecule has 1 aromatic rings. The summed E-state index contributed by atoms with van der Waals surface area (Å²) in [4.78, 5) is 11.3. The minimum absolute atomic E-state index is 0. The van der Waals surface area contributed by atoms with Gasteiger partial charge in [0.05, 0.1) is 10.9 Å². The van der Waals surface area contributed by atoms with Crippen molar-refractivity contribution in [1.29, 1.82) is 0 Å². The fraction of sp³-hybridized carbons (Fsp3) is 0.462. The number of anilines is 1.